The Kier molecular flexibility index (Phi) is 7.47. The normalized spacial score (nSPS) is 15.2. The maximum absolute atomic E-state index is 12.0. The van der Waals surface area contributed by atoms with Gasteiger partial charge in [-0.1, -0.05) is 40.0 Å². The maximum atomic E-state index is 12.0. The van der Waals surface area contributed by atoms with Crippen LogP contribution in [-0.4, -0.2) is 25.0 Å². The van der Waals surface area contributed by atoms with Crippen molar-refractivity contribution in [3.8, 4) is 0 Å². The van der Waals surface area contributed by atoms with Crippen LogP contribution in [0.1, 0.15) is 52.9 Å². The molecule has 0 heterocycles. The smallest absolute Gasteiger partial charge is 0.253 e. The minimum absolute atomic E-state index is 0.295. The number of sulfonamides is 1. The van der Waals surface area contributed by atoms with Crippen molar-refractivity contribution in [2.45, 2.75) is 52.9 Å². The lowest BCUT2D eigenvalue weighted by molar-refractivity contribution is -0.131. The molecule has 0 bridgehead atoms. The van der Waals surface area contributed by atoms with Gasteiger partial charge in [-0.25, -0.2) is 14.3 Å². The molecule has 2 atom stereocenters. The first kappa shape index (κ1) is 17.4. The molecule has 1 amide bonds. The molecule has 0 saturated carbocycles. The Labute approximate surface area is 111 Å². The lowest BCUT2D eigenvalue weighted by Crippen LogP contribution is -2.45. The summed E-state index contributed by atoms with van der Waals surface area (Å²) in [7, 11) is -3.65. The van der Waals surface area contributed by atoms with Gasteiger partial charge in [0.25, 0.3) is 5.91 Å². The Hall–Kier alpha value is -0.620. The predicted octanol–water partition coefficient (Wildman–Crippen LogP) is 1.89. The van der Waals surface area contributed by atoms with E-state index in [1.165, 1.54) is 0 Å². The fourth-order valence-corrected chi connectivity index (χ4v) is 2.61. The summed E-state index contributed by atoms with van der Waals surface area (Å²) in [4.78, 5) is 12.0. The maximum Gasteiger partial charge on any atom is 0.253 e. The Morgan fingerprint density at radius 2 is 1.72 bits per heavy atom. The lowest BCUT2D eigenvalue weighted by atomic mass is 9.89. The zero-order valence-corrected chi connectivity index (χ0v) is 12.7. The zero-order chi connectivity index (χ0) is 14.3. The molecule has 0 aromatic carbocycles. The van der Waals surface area contributed by atoms with Gasteiger partial charge in [-0.15, -0.1) is 0 Å². The van der Waals surface area contributed by atoms with E-state index in [1.807, 2.05) is 6.92 Å². The highest BCUT2D eigenvalue weighted by atomic mass is 32.2. The Morgan fingerprint density at radius 1 is 1.22 bits per heavy atom. The average molecular weight is 278 g/mol. The summed E-state index contributed by atoms with van der Waals surface area (Å²) in [5.41, 5.74) is 0. The van der Waals surface area contributed by atoms with Crippen LogP contribution < -0.4 is 5.84 Å². The summed E-state index contributed by atoms with van der Waals surface area (Å²) in [6.07, 6.45) is 5.26. The fourth-order valence-electron chi connectivity index (χ4n) is 2.13. The largest absolute Gasteiger partial charge is 0.272 e. The molecule has 0 aliphatic rings. The lowest BCUT2D eigenvalue weighted by Gasteiger charge is -2.23. The molecule has 0 aliphatic heterocycles. The van der Waals surface area contributed by atoms with E-state index in [2.05, 4.69) is 13.8 Å². The van der Waals surface area contributed by atoms with Crippen LogP contribution in [-0.2, 0) is 14.8 Å². The van der Waals surface area contributed by atoms with E-state index in [0.717, 1.165) is 25.5 Å². The van der Waals surface area contributed by atoms with Crippen LogP contribution in [0.3, 0.4) is 0 Å². The molecule has 0 spiro atoms. The topological polar surface area (TPSA) is 80.5 Å². The van der Waals surface area contributed by atoms with Gasteiger partial charge in [0, 0.05) is 5.92 Å². The van der Waals surface area contributed by atoms with Crippen molar-refractivity contribution in [2.24, 2.45) is 17.7 Å². The second-order valence-corrected chi connectivity index (χ2v) is 6.87. The highest BCUT2D eigenvalue weighted by Crippen LogP contribution is 2.22. The number of rotatable bonds is 8. The molecule has 6 heteroatoms. The van der Waals surface area contributed by atoms with Crippen molar-refractivity contribution >= 4 is 15.9 Å². The van der Waals surface area contributed by atoms with E-state index in [-0.39, 0.29) is 5.92 Å². The Balaban J connectivity index is 4.73. The van der Waals surface area contributed by atoms with Gasteiger partial charge in [-0.2, -0.15) is 4.41 Å². The van der Waals surface area contributed by atoms with Crippen molar-refractivity contribution in [3.05, 3.63) is 0 Å². The molecular weight excluding hydrogens is 252 g/mol. The first-order valence-corrected chi connectivity index (χ1v) is 8.37. The van der Waals surface area contributed by atoms with Crippen LogP contribution in [0.15, 0.2) is 0 Å². The predicted molar refractivity (Wildman–Crippen MR) is 73.0 cm³/mol. The highest BCUT2D eigenvalue weighted by Gasteiger charge is 2.28. The standard InChI is InChI=1S/C12H26N2O3S/c1-5-7-10(3)9-11(8-6-2)12(15)14(13)18(4,16)17/h10-11H,5-9,13H2,1-4H3/t10-,11?/m0/s1. The number of carbonyl (C=O) groups excluding carboxylic acids is 1. The third kappa shape index (κ3) is 5.82. The van der Waals surface area contributed by atoms with E-state index in [9.17, 15) is 13.2 Å². The SMILES string of the molecule is CCCC(C[C@@H](C)CCC)C(=O)N(N)S(C)(=O)=O. The van der Waals surface area contributed by atoms with Gasteiger partial charge < -0.3 is 0 Å². The molecule has 0 aliphatic carbocycles. The molecule has 18 heavy (non-hydrogen) atoms. The molecule has 5 nitrogen and oxygen atoms in total. The summed E-state index contributed by atoms with van der Waals surface area (Å²) >= 11 is 0. The van der Waals surface area contributed by atoms with E-state index in [0.29, 0.717) is 23.2 Å². The molecule has 0 aromatic rings. The van der Waals surface area contributed by atoms with Crippen molar-refractivity contribution in [1.82, 2.24) is 4.41 Å². The first-order valence-electron chi connectivity index (χ1n) is 6.52. The second-order valence-electron chi connectivity index (χ2n) is 5.01. The van der Waals surface area contributed by atoms with Gasteiger partial charge in [-0.05, 0) is 18.8 Å². The molecule has 108 valence electrons. The number of nitrogens with two attached hydrogens (primary N) is 1. The average Bonchev–Trinajstić information content (AvgIpc) is 2.25. The summed E-state index contributed by atoms with van der Waals surface area (Å²) in [5.74, 6) is 5.00. The highest BCUT2D eigenvalue weighted by molar-refractivity contribution is 7.88. The van der Waals surface area contributed by atoms with Crippen molar-refractivity contribution in [3.63, 3.8) is 0 Å². The van der Waals surface area contributed by atoms with Crippen LogP contribution in [0, 0.1) is 11.8 Å². The van der Waals surface area contributed by atoms with Gasteiger partial charge in [0.05, 0.1) is 6.26 Å². The second kappa shape index (κ2) is 7.74. The van der Waals surface area contributed by atoms with Crippen LogP contribution in [0.5, 0.6) is 0 Å². The minimum Gasteiger partial charge on any atom is -0.272 e. The van der Waals surface area contributed by atoms with E-state index in [4.69, 9.17) is 5.84 Å². The molecule has 0 rings (SSSR count). The quantitative estimate of drug-likeness (QED) is 0.417. The van der Waals surface area contributed by atoms with Crippen molar-refractivity contribution < 1.29 is 13.2 Å². The van der Waals surface area contributed by atoms with Gasteiger partial charge in [0.1, 0.15) is 0 Å². The number of hydrogen-bond donors (Lipinski definition) is 1. The van der Waals surface area contributed by atoms with Crippen LogP contribution in [0.25, 0.3) is 0 Å². The zero-order valence-electron chi connectivity index (χ0n) is 11.8. The fraction of sp³-hybridized carbons (Fsp3) is 0.917. The number of carbonyl (C=O) groups is 1. The Bertz CT molecular complexity index is 354. The van der Waals surface area contributed by atoms with Gasteiger partial charge >= 0.3 is 0 Å². The van der Waals surface area contributed by atoms with Gasteiger partial charge in [-0.3, -0.25) is 4.79 Å². The molecule has 1 unspecified atom stereocenters. The molecule has 0 fully saturated rings. The molecule has 2 N–H and O–H groups in total. The number of nitrogens with zero attached hydrogens (tertiary/aromatic N) is 1. The van der Waals surface area contributed by atoms with Crippen LogP contribution in [0.4, 0.5) is 0 Å². The molecular formula is C12H26N2O3S. The number of hydrogen-bond acceptors (Lipinski definition) is 4. The number of amides is 1. The number of hydrazine groups is 1. The summed E-state index contributed by atoms with van der Waals surface area (Å²) in [6.45, 7) is 6.16. The molecule has 0 aromatic heterocycles. The summed E-state index contributed by atoms with van der Waals surface area (Å²) in [5, 5.41) is 0. The third-order valence-electron chi connectivity index (χ3n) is 3.03. The minimum atomic E-state index is -3.65. The van der Waals surface area contributed by atoms with E-state index in [1.54, 1.807) is 0 Å². The van der Waals surface area contributed by atoms with Crippen molar-refractivity contribution in [1.29, 1.82) is 0 Å². The molecule has 0 radical (unpaired) electrons. The monoisotopic (exact) mass is 278 g/mol. The van der Waals surface area contributed by atoms with E-state index < -0.39 is 15.9 Å². The summed E-state index contributed by atoms with van der Waals surface area (Å²) < 4.78 is 22.9. The van der Waals surface area contributed by atoms with E-state index >= 15 is 0 Å². The molecule has 0 saturated heterocycles. The first-order chi connectivity index (χ1) is 8.23. The van der Waals surface area contributed by atoms with Crippen molar-refractivity contribution in [2.75, 3.05) is 6.26 Å². The van der Waals surface area contributed by atoms with Crippen LogP contribution >= 0.6 is 0 Å². The van der Waals surface area contributed by atoms with Crippen LogP contribution in [0.2, 0.25) is 0 Å². The summed E-state index contributed by atoms with van der Waals surface area (Å²) in [6, 6.07) is 0. The Morgan fingerprint density at radius 3 is 2.11 bits per heavy atom. The van der Waals surface area contributed by atoms with Gasteiger partial charge in [0.2, 0.25) is 10.0 Å². The van der Waals surface area contributed by atoms with Gasteiger partial charge in [0.15, 0.2) is 0 Å². The third-order valence-corrected chi connectivity index (χ3v) is 3.92.